The molecule has 0 aromatic carbocycles. The van der Waals surface area contributed by atoms with Crippen LogP contribution in [0.25, 0.3) is 0 Å². The third kappa shape index (κ3) is 2.07. The highest BCUT2D eigenvalue weighted by Gasteiger charge is 2.40. The Balaban J connectivity index is 2.00. The van der Waals surface area contributed by atoms with Gasteiger partial charge in [0, 0.05) is 19.2 Å². The van der Waals surface area contributed by atoms with Gasteiger partial charge in [0.1, 0.15) is 12.1 Å². The second kappa shape index (κ2) is 3.73. The molecule has 0 aliphatic carbocycles. The molecule has 4 nitrogen and oxygen atoms in total. The number of hydrogen-bond donors (Lipinski definition) is 1. The summed E-state index contributed by atoms with van der Waals surface area (Å²) < 4.78 is 12.8. The number of aromatic nitrogens is 2. The van der Waals surface area contributed by atoms with E-state index in [-0.39, 0.29) is 0 Å². The summed E-state index contributed by atoms with van der Waals surface area (Å²) in [6, 6.07) is 1.28. The maximum Gasteiger partial charge on any atom is 0.218 e. The highest BCUT2D eigenvalue weighted by Crippen LogP contribution is 2.29. The van der Waals surface area contributed by atoms with E-state index < -0.39 is 11.5 Å². The summed E-state index contributed by atoms with van der Waals surface area (Å²) in [6.45, 7) is 3.08. The van der Waals surface area contributed by atoms with Crippen molar-refractivity contribution in [2.45, 2.75) is 25.4 Å². The molecule has 0 unspecified atom stereocenters. The minimum absolute atomic E-state index is 0.525. The van der Waals surface area contributed by atoms with Crippen LogP contribution in [0, 0.1) is 5.95 Å². The van der Waals surface area contributed by atoms with Crippen LogP contribution in [0.3, 0.4) is 0 Å². The van der Waals surface area contributed by atoms with Crippen LogP contribution < -0.4 is 4.90 Å². The lowest BCUT2D eigenvalue weighted by Gasteiger charge is -2.47. The molecule has 1 N–H and O–H groups in total. The molecule has 2 rings (SSSR count). The van der Waals surface area contributed by atoms with Crippen molar-refractivity contribution in [1.29, 1.82) is 0 Å². The van der Waals surface area contributed by atoms with E-state index in [1.165, 1.54) is 12.4 Å². The second-order valence-electron chi connectivity index (χ2n) is 4.03. The Labute approximate surface area is 87.8 Å². The fraction of sp³-hybridized carbons (Fsp3) is 0.600. The smallest absolute Gasteiger partial charge is 0.218 e. The molecular formula is C10H14FN3O. The molecule has 1 aromatic heterocycles. The summed E-state index contributed by atoms with van der Waals surface area (Å²) in [6.07, 6.45) is 2.92. The van der Waals surface area contributed by atoms with Gasteiger partial charge in [0.15, 0.2) is 0 Å². The van der Waals surface area contributed by atoms with Crippen LogP contribution in [0.15, 0.2) is 12.4 Å². The van der Waals surface area contributed by atoms with E-state index in [1.54, 1.807) is 0 Å². The number of nitrogens with zero attached hydrogens (tertiary/aromatic N) is 3. The molecule has 0 saturated carbocycles. The number of hydrogen-bond acceptors (Lipinski definition) is 4. The van der Waals surface area contributed by atoms with Crippen LogP contribution in [0.4, 0.5) is 10.2 Å². The van der Waals surface area contributed by atoms with Crippen LogP contribution in [0.1, 0.15) is 19.8 Å². The zero-order chi connectivity index (χ0) is 10.9. The summed E-state index contributed by atoms with van der Waals surface area (Å²) in [5.41, 5.74) is -0.615. The Kier molecular flexibility index (Phi) is 2.56. The van der Waals surface area contributed by atoms with Gasteiger partial charge in [0.05, 0.1) is 5.60 Å². The molecule has 0 bridgehead atoms. The van der Waals surface area contributed by atoms with Gasteiger partial charge < -0.3 is 10.0 Å². The molecule has 2 heterocycles. The minimum Gasteiger partial charge on any atom is -0.386 e. The molecule has 1 saturated heterocycles. The van der Waals surface area contributed by atoms with E-state index in [0.29, 0.717) is 18.9 Å². The van der Waals surface area contributed by atoms with E-state index in [4.69, 9.17) is 0 Å². The van der Waals surface area contributed by atoms with Gasteiger partial charge in [-0.2, -0.15) is 4.39 Å². The molecule has 0 amide bonds. The molecule has 82 valence electrons. The summed E-state index contributed by atoms with van der Waals surface area (Å²) in [7, 11) is 0. The molecule has 1 aromatic rings. The van der Waals surface area contributed by atoms with Gasteiger partial charge in [-0.05, 0) is 6.42 Å². The SMILES string of the molecule is CCCC1(O)CN(c2cc(F)ncn2)C1. The van der Waals surface area contributed by atoms with Crippen molar-refractivity contribution >= 4 is 5.82 Å². The molecule has 1 aliphatic heterocycles. The fourth-order valence-electron chi connectivity index (χ4n) is 1.95. The van der Waals surface area contributed by atoms with Gasteiger partial charge in [0.2, 0.25) is 5.95 Å². The maximum absolute atomic E-state index is 12.8. The van der Waals surface area contributed by atoms with Crippen molar-refractivity contribution < 1.29 is 9.50 Å². The lowest BCUT2D eigenvalue weighted by atomic mass is 9.89. The predicted octanol–water partition coefficient (Wildman–Crippen LogP) is 0.967. The molecule has 1 aliphatic rings. The van der Waals surface area contributed by atoms with Crippen molar-refractivity contribution in [3.05, 3.63) is 18.3 Å². The predicted molar refractivity (Wildman–Crippen MR) is 54.1 cm³/mol. The van der Waals surface area contributed by atoms with Gasteiger partial charge >= 0.3 is 0 Å². The Bertz CT molecular complexity index is 352. The first-order chi connectivity index (χ1) is 7.13. The van der Waals surface area contributed by atoms with Crippen LogP contribution in [0.2, 0.25) is 0 Å². The van der Waals surface area contributed by atoms with Gasteiger partial charge in [0.25, 0.3) is 0 Å². The molecular weight excluding hydrogens is 197 g/mol. The number of halogens is 1. The number of β-amino-alcohol motifs (C(OH)–C–C–N with tert-alkyl or cyclic N) is 1. The first-order valence-corrected chi connectivity index (χ1v) is 5.08. The average molecular weight is 211 g/mol. The molecule has 5 heteroatoms. The molecule has 15 heavy (non-hydrogen) atoms. The third-order valence-electron chi connectivity index (χ3n) is 2.63. The van der Waals surface area contributed by atoms with E-state index in [1.807, 2.05) is 11.8 Å². The Morgan fingerprint density at radius 3 is 2.87 bits per heavy atom. The lowest BCUT2D eigenvalue weighted by molar-refractivity contribution is 0.00288. The molecule has 0 atom stereocenters. The van der Waals surface area contributed by atoms with Crippen LogP contribution in [0.5, 0.6) is 0 Å². The Hall–Kier alpha value is -1.23. The quantitative estimate of drug-likeness (QED) is 0.757. The molecule has 0 radical (unpaired) electrons. The van der Waals surface area contributed by atoms with Crippen molar-refractivity contribution in [1.82, 2.24) is 9.97 Å². The number of anilines is 1. The van der Waals surface area contributed by atoms with Crippen LogP contribution in [-0.4, -0.2) is 33.8 Å². The Morgan fingerprint density at radius 1 is 1.53 bits per heavy atom. The monoisotopic (exact) mass is 211 g/mol. The van der Waals surface area contributed by atoms with Crippen molar-refractivity contribution in [3.63, 3.8) is 0 Å². The van der Waals surface area contributed by atoms with Gasteiger partial charge in [-0.1, -0.05) is 13.3 Å². The zero-order valence-corrected chi connectivity index (χ0v) is 8.65. The van der Waals surface area contributed by atoms with Gasteiger partial charge in [-0.25, -0.2) is 9.97 Å². The zero-order valence-electron chi connectivity index (χ0n) is 8.65. The fourth-order valence-corrected chi connectivity index (χ4v) is 1.95. The summed E-state index contributed by atoms with van der Waals surface area (Å²) in [5.74, 6) is 0.00853. The van der Waals surface area contributed by atoms with E-state index in [0.717, 1.165) is 12.8 Å². The van der Waals surface area contributed by atoms with Gasteiger partial charge in [-0.15, -0.1) is 0 Å². The topological polar surface area (TPSA) is 49.2 Å². The second-order valence-corrected chi connectivity index (χ2v) is 4.03. The number of aliphatic hydroxyl groups is 1. The largest absolute Gasteiger partial charge is 0.386 e. The summed E-state index contributed by atoms with van der Waals surface area (Å²) >= 11 is 0. The third-order valence-corrected chi connectivity index (χ3v) is 2.63. The summed E-state index contributed by atoms with van der Waals surface area (Å²) in [5, 5.41) is 9.93. The average Bonchev–Trinajstić information content (AvgIpc) is 2.14. The van der Waals surface area contributed by atoms with Crippen LogP contribution in [-0.2, 0) is 0 Å². The van der Waals surface area contributed by atoms with Crippen LogP contribution >= 0.6 is 0 Å². The minimum atomic E-state index is -0.615. The highest BCUT2D eigenvalue weighted by molar-refractivity contribution is 5.42. The first-order valence-electron chi connectivity index (χ1n) is 5.08. The standard InChI is InChI=1S/C10H14FN3O/c1-2-3-10(15)5-14(6-10)9-4-8(11)12-7-13-9/h4,7,15H,2-3,5-6H2,1H3. The molecule has 1 fully saturated rings. The Morgan fingerprint density at radius 2 is 2.27 bits per heavy atom. The normalized spacial score (nSPS) is 18.7. The van der Waals surface area contributed by atoms with Crippen molar-refractivity contribution in [3.8, 4) is 0 Å². The van der Waals surface area contributed by atoms with E-state index in [9.17, 15) is 9.50 Å². The highest BCUT2D eigenvalue weighted by atomic mass is 19.1. The number of rotatable bonds is 3. The van der Waals surface area contributed by atoms with E-state index in [2.05, 4.69) is 9.97 Å². The van der Waals surface area contributed by atoms with E-state index >= 15 is 0 Å². The summed E-state index contributed by atoms with van der Waals surface area (Å²) in [4.78, 5) is 9.18. The van der Waals surface area contributed by atoms with Gasteiger partial charge in [-0.3, -0.25) is 0 Å². The molecule has 0 spiro atoms. The van der Waals surface area contributed by atoms with Crippen molar-refractivity contribution in [2.75, 3.05) is 18.0 Å². The first kappa shape index (κ1) is 10.3. The van der Waals surface area contributed by atoms with Crippen molar-refractivity contribution in [2.24, 2.45) is 0 Å². The lowest BCUT2D eigenvalue weighted by Crippen LogP contribution is -2.62. The maximum atomic E-state index is 12.8.